The van der Waals surface area contributed by atoms with E-state index in [1.165, 1.54) is 31.2 Å². The number of rotatable bonds is 12. The fraction of sp³-hybridized carbons (Fsp3) is 0.379. The number of benzene rings is 3. The van der Waals surface area contributed by atoms with E-state index in [0.29, 0.717) is 5.75 Å². The summed E-state index contributed by atoms with van der Waals surface area (Å²) in [6, 6.07) is 19.7. The van der Waals surface area contributed by atoms with E-state index in [1.807, 2.05) is 24.3 Å². The van der Waals surface area contributed by atoms with Crippen molar-refractivity contribution in [2.24, 2.45) is 0 Å². The molecule has 0 radical (unpaired) electrons. The van der Waals surface area contributed by atoms with Crippen molar-refractivity contribution in [1.82, 2.24) is 0 Å². The topological polar surface area (TPSA) is 52.6 Å². The van der Waals surface area contributed by atoms with Crippen molar-refractivity contribution in [2.45, 2.75) is 65.4 Å². The maximum atomic E-state index is 13.1. The van der Waals surface area contributed by atoms with Gasteiger partial charge in [0, 0.05) is 12.0 Å². The van der Waals surface area contributed by atoms with Crippen LogP contribution in [0.2, 0.25) is 0 Å². The van der Waals surface area contributed by atoms with E-state index in [2.05, 4.69) is 31.2 Å². The van der Waals surface area contributed by atoms with Gasteiger partial charge in [-0.2, -0.15) is 0 Å². The van der Waals surface area contributed by atoms with Crippen LogP contribution in [0.1, 0.15) is 67.9 Å². The van der Waals surface area contributed by atoms with Crippen LogP contribution in [0.25, 0.3) is 10.8 Å². The molecule has 0 spiro atoms. The molecule has 4 nitrogen and oxygen atoms in total. The van der Waals surface area contributed by atoms with E-state index < -0.39 is 5.97 Å². The quantitative estimate of drug-likeness (QED) is 0.176. The van der Waals surface area contributed by atoms with E-state index in [0.717, 1.165) is 28.3 Å². The smallest absolute Gasteiger partial charge is 0.344 e. The zero-order chi connectivity index (χ0) is 23.6. The minimum atomic E-state index is -0.410. The average molecular weight is 447 g/mol. The van der Waals surface area contributed by atoms with Gasteiger partial charge in [-0.05, 0) is 60.7 Å². The Kier molecular flexibility index (Phi) is 9.05. The van der Waals surface area contributed by atoms with Crippen LogP contribution in [0, 0.1) is 0 Å². The summed E-state index contributed by atoms with van der Waals surface area (Å²) in [5, 5.41) is 2.10. The van der Waals surface area contributed by atoms with Gasteiger partial charge in [-0.25, -0.2) is 4.79 Å². The summed E-state index contributed by atoms with van der Waals surface area (Å²) in [6.07, 6.45) is 6.14. The van der Waals surface area contributed by atoms with E-state index in [9.17, 15) is 9.59 Å². The number of ketones is 1. The number of unbranched alkanes of at least 4 members (excludes halogenated alkanes) is 3. The van der Waals surface area contributed by atoms with E-state index in [-0.39, 0.29) is 24.9 Å². The number of aryl methyl sites for hydroxylation is 1. The summed E-state index contributed by atoms with van der Waals surface area (Å²) in [5.74, 6) is 0.200. The molecule has 0 aromatic heterocycles. The lowest BCUT2D eigenvalue weighted by atomic mass is 9.95. The zero-order valence-corrected chi connectivity index (χ0v) is 19.9. The Hall–Kier alpha value is -3.14. The molecule has 0 aliphatic heterocycles. The lowest BCUT2D eigenvalue weighted by molar-refractivity contribution is -0.149. The fourth-order valence-corrected chi connectivity index (χ4v) is 3.95. The second-order valence-corrected chi connectivity index (χ2v) is 8.75. The number of Topliss-reactive ketones (excluding diaryl/α,β-unsaturated/α-hetero) is 1. The lowest BCUT2D eigenvalue weighted by Gasteiger charge is -2.11. The number of ether oxygens (including phenoxy) is 2. The van der Waals surface area contributed by atoms with Crippen molar-refractivity contribution in [2.75, 3.05) is 6.61 Å². The Balaban J connectivity index is 1.67. The number of carbonyl (C=O) groups excluding carboxylic acids is 2. The molecule has 174 valence electrons. The molecule has 3 rings (SSSR count). The highest BCUT2D eigenvalue weighted by molar-refractivity contribution is 6.09. The molecule has 4 heteroatoms. The van der Waals surface area contributed by atoms with Crippen molar-refractivity contribution < 1.29 is 19.1 Å². The van der Waals surface area contributed by atoms with E-state index in [1.54, 1.807) is 26.0 Å². The summed E-state index contributed by atoms with van der Waals surface area (Å²) < 4.78 is 10.6. The van der Waals surface area contributed by atoms with Crippen molar-refractivity contribution in [1.29, 1.82) is 0 Å². The molecular weight excluding hydrogens is 412 g/mol. The third kappa shape index (κ3) is 7.45. The van der Waals surface area contributed by atoms with Gasteiger partial charge in [0.25, 0.3) is 0 Å². The molecule has 0 saturated heterocycles. The third-order valence-electron chi connectivity index (χ3n) is 5.55. The Morgan fingerprint density at radius 3 is 2.48 bits per heavy atom. The van der Waals surface area contributed by atoms with Crippen molar-refractivity contribution in [3.63, 3.8) is 0 Å². The third-order valence-corrected chi connectivity index (χ3v) is 5.55. The predicted octanol–water partition coefficient (Wildman–Crippen LogP) is 6.72. The van der Waals surface area contributed by atoms with Crippen LogP contribution in [0.4, 0.5) is 0 Å². The van der Waals surface area contributed by atoms with Gasteiger partial charge < -0.3 is 9.47 Å². The van der Waals surface area contributed by atoms with E-state index >= 15 is 0 Å². The molecule has 0 fully saturated rings. The Morgan fingerprint density at radius 1 is 0.879 bits per heavy atom. The molecule has 0 aliphatic rings. The van der Waals surface area contributed by atoms with Gasteiger partial charge in [0.2, 0.25) is 0 Å². The molecular formula is C29H34O4. The molecule has 0 aliphatic carbocycles. The van der Waals surface area contributed by atoms with Gasteiger partial charge >= 0.3 is 5.97 Å². The summed E-state index contributed by atoms with van der Waals surface area (Å²) in [7, 11) is 0. The fourth-order valence-electron chi connectivity index (χ4n) is 3.95. The molecule has 3 aromatic carbocycles. The maximum absolute atomic E-state index is 13.1. The Labute approximate surface area is 196 Å². The summed E-state index contributed by atoms with van der Waals surface area (Å²) in [4.78, 5) is 24.8. The van der Waals surface area contributed by atoms with Gasteiger partial charge in [0.1, 0.15) is 5.75 Å². The van der Waals surface area contributed by atoms with Crippen LogP contribution < -0.4 is 4.74 Å². The molecule has 33 heavy (non-hydrogen) atoms. The lowest BCUT2D eigenvalue weighted by Crippen LogP contribution is -2.18. The first kappa shape index (κ1) is 24.5. The van der Waals surface area contributed by atoms with E-state index in [4.69, 9.17) is 9.47 Å². The SMILES string of the molecule is CCCCCCc1ccc2c(C(=O)Cc3cccc(OCC(=O)OC(C)C)c3)cccc2c1. The van der Waals surface area contributed by atoms with Crippen molar-refractivity contribution in [3.05, 3.63) is 77.4 Å². The highest BCUT2D eigenvalue weighted by atomic mass is 16.6. The monoisotopic (exact) mass is 446 g/mol. The van der Waals surface area contributed by atoms with Gasteiger partial charge in [-0.3, -0.25) is 4.79 Å². The second-order valence-electron chi connectivity index (χ2n) is 8.75. The van der Waals surface area contributed by atoms with Crippen LogP contribution in [-0.4, -0.2) is 24.5 Å². The number of esters is 1. The molecule has 0 saturated carbocycles. The van der Waals surface area contributed by atoms with Gasteiger partial charge in [0.05, 0.1) is 6.10 Å². The highest BCUT2D eigenvalue weighted by Crippen LogP contribution is 2.24. The minimum absolute atomic E-state index is 0.0627. The highest BCUT2D eigenvalue weighted by Gasteiger charge is 2.13. The summed E-state index contributed by atoms with van der Waals surface area (Å²) in [5.41, 5.74) is 2.90. The zero-order valence-electron chi connectivity index (χ0n) is 19.9. The number of fused-ring (bicyclic) bond motifs is 1. The van der Waals surface area contributed by atoms with Crippen molar-refractivity contribution in [3.8, 4) is 5.75 Å². The van der Waals surface area contributed by atoms with Crippen molar-refractivity contribution >= 4 is 22.5 Å². The Morgan fingerprint density at radius 2 is 1.70 bits per heavy atom. The normalized spacial score (nSPS) is 11.0. The summed E-state index contributed by atoms with van der Waals surface area (Å²) >= 11 is 0. The first-order chi connectivity index (χ1) is 16.0. The van der Waals surface area contributed by atoms with Crippen LogP contribution in [0.3, 0.4) is 0 Å². The largest absolute Gasteiger partial charge is 0.482 e. The van der Waals surface area contributed by atoms with Gasteiger partial charge in [-0.1, -0.05) is 74.7 Å². The van der Waals surface area contributed by atoms with Crippen LogP contribution in [-0.2, 0) is 22.4 Å². The molecule has 0 amide bonds. The predicted molar refractivity (Wildman–Crippen MR) is 133 cm³/mol. The molecule has 0 bridgehead atoms. The van der Waals surface area contributed by atoms with Gasteiger partial charge in [0.15, 0.2) is 12.4 Å². The van der Waals surface area contributed by atoms with Gasteiger partial charge in [-0.15, -0.1) is 0 Å². The molecule has 0 atom stereocenters. The summed E-state index contributed by atoms with van der Waals surface area (Å²) in [6.45, 7) is 5.67. The molecule has 3 aromatic rings. The maximum Gasteiger partial charge on any atom is 0.344 e. The first-order valence-electron chi connectivity index (χ1n) is 11.9. The number of carbonyl (C=O) groups is 2. The number of hydrogen-bond donors (Lipinski definition) is 0. The second kappa shape index (κ2) is 12.2. The van der Waals surface area contributed by atoms with Crippen LogP contribution >= 0.6 is 0 Å². The molecule has 0 heterocycles. The van der Waals surface area contributed by atoms with Crippen LogP contribution in [0.5, 0.6) is 5.75 Å². The molecule has 0 N–H and O–H groups in total. The molecule has 0 unspecified atom stereocenters. The standard InChI is InChI=1S/C29H34O4/c1-4-5-6-7-10-22-15-16-26-24(17-22)12-9-14-27(26)28(30)19-23-11-8-13-25(18-23)32-20-29(31)33-21(2)3/h8-9,11-18,21H,4-7,10,19-20H2,1-3H3. The Bertz CT molecular complexity index is 1080. The number of hydrogen-bond acceptors (Lipinski definition) is 4. The van der Waals surface area contributed by atoms with Crippen LogP contribution in [0.15, 0.2) is 60.7 Å². The first-order valence-corrected chi connectivity index (χ1v) is 11.9. The average Bonchev–Trinajstić information content (AvgIpc) is 2.80. The minimum Gasteiger partial charge on any atom is -0.482 e.